The molecule has 1 aromatic heterocycles. The van der Waals surface area contributed by atoms with Crippen molar-refractivity contribution in [3.63, 3.8) is 0 Å². The molecule has 0 unspecified atom stereocenters. The average Bonchev–Trinajstić information content (AvgIpc) is 3.17. The van der Waals surface area contributed by atoms with Crippen LogP contribution in [0.5, 0.6) is 0 Å². The van der Waals surface area contributed by atoms with Crippen molar-refractivity contribution in [3.05, 3.63) is 52.5 Å². The van der Waals surface area contributed by atoms with Gasteiger partial charge in [0.05, 0.1) is 20.8 Å². The highest BCUT2D eigenvalue weighted by Gasteiger charge is 2.31. The standard InChI is InChI=1S/C20H18ClF3N4OS/c1-12-5-6-15(21)17-16(12)26-19(30-17)28-9-7-27(8-10-28)18(29)25-14-4-2-3-13(11-14)20(22,23)24/h2-6,11H,7-10H2,1H3,(H,25,29). The molecule has 0 spiro atoms. The summed E-state index contributed by atoms with van der Waals surface area (Å²) in [6.45, 7) is 4.01. The predicted molar refractivity (Wildman–Crippen MR) is 114 cm³/mol. The van der Waals surface area contributed by atoms with Gasteiger partial charge in [0.25, 0.3) is 0 Å². The molecule has 1 aliphatic rings. The highest BCUT2D eigenvalue weighted by molar-refractivity contribution is 7.22. The molecular weight excluding hydrogens is 437 g/mol. The Morgan fingerprint density at radius 3 is 2.57 bits per heavy atom. The van der Waals surface area contributed by atoms with Crippen LogP contribution in [-0.4, -0.2) is 42.1 Å². The van der Waals surface area contributed by atoms with Crippen LogP contribution in [0.1, 0.15) is 11.1 Å². The molecule has 1 fully saturated rings. The molecule has 2 amide bonds. The molecular formula is C20H18ClF3N4OS. The fourth-order valence-electron chi connectivity index (χ4n) is 3.30. The Morgan fingerprint density at radius 2 is 1.90 bits per heavy atom. The molecule has 5 nitrogen and oxygen atoms in total. The molecule has 0 aliphatic carbocycles. The lowest BCUT2D eigenvalue weighted by Gasteiger charge is -2.34. The van der Waals surface area contributed by atoms with Crippen molar-refractivity contribution in [1.29, 1.82) is 0 Å². The van der Waals surface area contributed by atoms with Crippen LogP contribution in [0.2, 0.25) is 5.02 Å². The van der Waals surface area contributed by atoms with Crippen LogP contribution < -0.4 is 10.2 Å². The lowest BCUT2D eigenvalue weighted by atomic mass is 10.2. The number of amides is 2. The number of carbonyl (C=O) groups excluding carboxylic acids is 1. The normalized spacial score (nSPS) is 15.0. The maximum Gasteiger partial charge on any atom is 0.416 e. The summed E-state index contributed by atoms with van der Waals surface area (Å²) in [7, 11) is 0. The first-order chi connectivity index (χ1) is 14.2. The molecule has 3 aromatic rings. The minimum Gasteiger partial charge on any atom is -0.345 e. The van der Waals surface area contributed by atoms with Crippen molar-refractivity contribution < 1.29 is 18.0 Å². The van der Waals surface area contributed by atoms with E-state index in [1.807, 2.05) is 19.1 Å². The Balaban J connectivity index is 1.41. The van der Waals surface area contributed by atoms with Gasteiger partial charge in [-0.1, -0.05) is 35.1 Å². The third-order valence-corrected chi connectivity index (χ3v) is 6.54. The largest absolute Gasteiger partial charge is 0.416 e. The van der Waals surface area contributed by atoms with Gasteiger partial charge in [-0.25, -0.2) is 9.78 Å². The first-order valence-electron chi connectivity index (χ1n) is 9.26. The van der Waals surface area contributed by atoms with Crippen LogP contribution in [0, 0.1) is 6.92 Å². The lowest BCUT2D eigenvalue weighted by molar-refractivity contribution is -0.137. The summed E-state index contributed by atoms with van der Waals surface area (Å²) in [5, 5.41) is 4.06. The molecule has 0 radical (unpaired) electrons. The number of urea groups is 1. The number of nitrogens with one attached hydrogen (secondary N) is 1. The van der Waals surface area contributed by atoms with Gasteiger partial charge in [-0.2, -0.15) is 13.2 Å². The summed E-state index contributed by atoms with van der Waals surface area (Å²) in [5.74, 6) is 0. The number of piperazine rings is 1. The number of hydrogen-bond donors (Lipinski definition) is 1. The van der Waals surface area contributed by atoms with E-state index in [0.717, 1.165) is 33.0 Å². The van der Waals surface area contributed by atoms with Crippen molar-refractivity contribution in [1.82, 2.24) is 9.88 Å². The van der Waals surface area contributed by atoms with Crippen LogP contribution in [0.3, 0.4) is 0 Å². The molecule has 158 valence electrons. The van der Waals surface area contributed by atoms with Crippen molar-refractivity contribution in [2.75, 3.05) is 36.4 Å². The molecule has 1 saturated heterocycles. The second-order valence-electron chi connectivity index (χ2n) is 7.02. The van der Waals surface area contributed by atoms with Crippen LogP contribution in [-0.2, 0) is 6.18 Å². The second-order valence-corrected chi connectivity index (χ2v) is 8.41. The zero-order valence-corrected chi connectivity index (χ0v) is 17.5. The summed E-state index contributed by atoms with van der Waals surface area (Å²) in [6, 6.07) is 7.99. The number of fused-ring (bicyclic) bond motifs is 1. The maximum atomic E-state index is 12.8. The number of anilines is 2. The van der Waals surface area contributed by atoms with Gasteiger partial charge in [-0.05, 0) is 36.8 Å². The molecule has 0 saturated carbocycles. The van der Waals surface area contributed by atoms with Crippen LogP contribution in [0.4, 0.5) is 28.8 Å². The monoisotopic (exact) mass is 454 g/mol. The number of aromatic nitrogens is 1. The zero-order valence-electron chi connectivity index (χ0n) is 16.0. The molecule has 30 heavy (non-hydrogen) atoms. The number of alkyl halides is 3. The van der Waals surface area contributed by atoms with Crippen molar-refractivity contribution in [3.8, 4) is 0 Å². The molecule has 10 heteroatoms. The number of carbonyl (C=O) groups is 1. The van der Waals surface area contributed by atoms with Gasteiger partial charge in [0.2, 0.25) is 0 Å². The lowest BCUT2D eigenvalue weighted by Crippen LogP contribution is -2.50. The number of hydrogen-bond acceptors (Lipinski definition) is 4. The molecule has 1 N–H and O–H groups in total. The van der Waals surface area contributed by atoms with E-state index in [2.05, 4.69) is 10.2 Å². The Kier molecular flexibility index (Phi) is 5.50. The minimum atomic E-state index is -4.45. The van der Waals surface area contributed by atoms with Crippen molar-refractivity contribution >= 4 is 50.0 Å². The predicted octanol–water partition coefficient (Wildman–Crippen LogP) is 5.63. The number of halogens is 4. The Hall–Kier alpha value is -2.52. The summed E-state index contributed by atoms with van der Waals surface area (Å²) in [5.41, 5.74) is 1.26. The number of nitrogens with zero attached hydrogens (tertiary/aromatic N) is 3. The van der Waals surface area contributed by atoms with Crippen LogP contribution in [0.15, 0.2) is 36.4 Å². The van der Waals surface area contributed by atoms with Gasteiger partial charge in [0.15, 0.2) is 5.13 Å². The highest BCUT2D eigenvalue weighted by atomic mass is 35.5. The number of rotatable bonds is 2. The van der Waals surface area contributed by atoms with E-state index in [4.69, 9.17) is 16.6 Å². The smallest absolute Gasteiger partial charge is 0.345 e. The van der Waals surface area contributed by atoms with Crippen molar-refractivity contribution in [2.24, 2.45) is 0 Å². The fourth-order valence-corrected chi connectivity index (χ4v) is 4.67. The SMILES string of the molecule is Cc1ccc(Cl)c2sc(N3CCN(C(=O)Nc4cccc(C(F)(F)F)c4)CC3)nc12. The van der Waals surface area contributed by atoms with Crippen molar-refractivity contribution in [2.45, 2.75) is 13.1 Å². The average molecular weight is 455 g/mol. The Morgan fingerprint density at radius 1 is 1.17 bits per heavy atom. The van der Waals surface area contributed by atoms with E-state index in [1.54, 1.807) is 4.90 Å². The summed E-state index contributed by atoms with van der Waals surface area (Å²) in [4.78, 5) is 20.9. The van der Waals surface area contributed by atoms with Crippen LogP contribution >= 0.6 is 22.9 Å². The quantitative estimate of drug-likeness (QED) is 0.546. The van der Waals surface area contributed by atoms with Gasteiger partial charge in [-0.15, -0.1) is 0 Å². The zero-order chi connectivity index (χ0) is 21.5. The van der Waals surface area contributed by atoms with E-state index < -0.39 is 17.8 Å². The van der Waals surface area contributed by atoms with Gasteiger partial charge in [-0.3, -0.25) is 0 Å². The van der Waals surface area contributed by atoms with Crippen LogP contribution in [0.25, 0.3) is 10.2 Å². The molecule has 0 atom stereocenters. The third-order valence-electron chi connectivity index (χ3n) is 4.96. The summed E-state index contributed by atoms with van der Waals surface area (Å²) < 4.78 is 39.5. The molecule has 2 heterocycles. The van der Waals surface area contributed by atoms with Gasteiger partial charge in [0.1, 0.15) is 0 Å². The highest BCUT2D eigenvalue weighted by Crippen LogP contribution is 2.36. The van der Waals surface area contributed by atoms with Gasteiger partial charge in [0, 0.05) is 31.9 Å². The van der Waals surface area contributed by atoms with Gasteiger partial charge >= 0.3 is 12.2 Å². The summed E-state index contributed by atoms with van der Waals surface area (Å²) >= 11 is 7.80. The van der Waals surface area contributed by atoms with E-state index in [9.17, 15) is 18.0 Å². The number of aryl methyl sites for hydroxylation is 1. The molecule has 1 aliphatic heterocycles. The molecule has 0 bridgehead atoms. The third kappa shape index (κ3) is 4.17. The number of benzene rings is 2. The Labute approximate surface area is 180 Å². The topological polar surface area (TPSA) is 48.5 Å². The maximum absolute atomic E-state index is 12.8. The van der Waals surface area contributed by atoms with E-state index in [0.29, 0.717) is 31.2 Å². The Bertz CT molecular complexity index is 1050. The first-order valence-corrected chi connectivity index (χ1v) is 10.5. The molecule has 2 aromatic carbocycles. The van der Waals surface area contributed by atoms with Gasteiger partial charge < -0.3 is 15.1 Å². The number of thiazole rings is 1. The fraction of sp³-hybridized carbons (Fsp3) is 0.300. The molecule has 4 rings (SSSR count). The first kappa shape index (κ1) is 20.7. The minimum absolute atomic E-state index is 0.119. The second kappa shape index (κ2) is 7.96. The summed E-state index contributed by atoms with van der Waals surface area (Å²) in [6.07, 6.45) is -4.45. The van der Waals surface area contributed by atoms with E-state index in [1.165, 1.54) is 23.5 Å². The van der Waals surface area contributed by atoms with E-state index >= 15 is 0 Å². The van der Waals surface area contributed by atoms with E-state index in [-0.39, 0.29) is 5.69 Å².